The molecule has 3 aromatic rings. The lowest BCUT2D eigenvalue weighted by Gasteiger charge is -2.30. The second kappa shape index (κ2) is 7.88. The molecule has 1 aliphatic rings. The summed E-state index contributed by atoms with van der Waals surface area (Å²) in [4.78, 5) is 12.5. The number of nitrogens with zero attached hydrogens (tertiary/aromatic N) is 2. The van der Waals surface area contributed by atoms with E-state index in [2.05, 4.69) is 15.5 Å². The van der Waals surface area contributed by atoms with E-state index in [4.69, 9.17) is 8.83 Å². The molecule has 1 unspecified atom stereocenters. The highest BCUT2D eigenvalue weighted by Gasteiger charge is 2.35. The van der Waals surface area contributed by atoms with Gasteiger partial charge in [-0.15, -0.1) is 0 Å². The van der Waals surface area contributed by atoms with Gasteiger partial charge in [0.2, 0.25) is 11.0 Å². The van der Waals surface area contributed by atoms with Crippen LogP contribution in [-0.2, 0) is 21.4 Å². The molecule has 1 amide bonds. The fourth-order valence-electron chi connectivity index (χ4n) is 3.40. The first-order chi connectivity index (χ1) is 13.9. The van der Waals surface area contributed by atoms with Crippen LogP contribution in [0.5, 0.6) is 0 Å². The minimum Gasteiger partial charge on any atom is -0.465 e. The molecule has 1 fully saturated rings. The molecule has 10 heteroatoms. The zero-order valence-corrected chi connectivity index (χ0v) is 16.7. The lowest BCUT2D eigenvalue weighted by molar-refractivity contribution is -0.126. The van der Waals surface area contributed by atoms with Crippen LogP contribution in [0.25, 0.3) is 11.5 Å². The van der Waals surface area contributed by atoms with Crippen LogP contribution in [0.15, 0.2) is 50.5 Å². The highest BCUT2D eigenvalue weighted by Crippen LogP contribution is 2.28. The van der Waals surface area contributed by atoms with Gasteiger partial charge < -0.3 is 14.2 Å². The molecule has 1 aliphatic heterocycles. The van der Waals surface area contributed by atoms with Crippen molar-refractivity contribution >= 4 is 15.9 Å². The second-order valence-corrected chi connectivity index (χ2v) is 8.89. The van der Waals surface area contributed by atoms with Crippen LogP contribution >= 0.6 is 0 Å². The Morgan fingerprint density at radius 2 is 2.14 bits per heavy atom. The summed E-state index contributed by atoms with van der Waals surface area (Å²) >= 11 is 0. The van der Waals surface area contributed by atoms with Gasteiger partial charge in [-0.05, 0) is 50.1 Å². The Labute approximate surface area is 168 Å². The average molecular weight is 418 g/mol. The van der Waals surface area contributed by atoms with E-state index in [9.17, 15) is 13.2 Å². The molecule has 0 aliphatic carbocycles. The van der Waals surface area contributed by atoms with Gasteiger partial charge in [0, 0.05) is 19.3 Å². The fourth-order valence-corrected chi connectivity index (χ4v) is 4.83. The van der Waals surface area contributed by atoms with Gasteiger partial charge >= 0.3 is 0 Å². The summed E-state index contributed by atoms with van der Waals surface area (Å²) in [5, 5.41) is 9.25. The largest absolute Gasteiger partial charge is 0.465 e. The number of carbonyl (C=O) groups excluding carboxylic acids is 1. The first-order valence-corrected chi connectivity index (χ1v) is 10.8. The van der Waals surface area contributed by atoms with Gasteiger partial charge in [-0.3, -0.25) is 9.89 Å². The molecular formula is C19H22N4O5S. The van der Waals surface area contributed by atoms with Crippen molar-refractivity contribution in [3.8, 4) is 11.5 Å². The number of amides is 1. The second-order valence-electron chi connectivity index (χ2n) is 7.02. The first kappa shape index (κ1) is 19.5. The van der Waals surface area contributed by atoms with E-state index in [1.165, 1.54) is 10.4 Å². The number of hydrogen-bond acceptors (Lipinski definition) is 6. The molecule has 0 spiro atoms. The van der Waals surface area contributed by atoms with Crippen molar-refractivity contribution in [2.24, 2.45) is 5.92 Å². The topological polar surface area (TPSA) is 121 Å². The molecule has 9 nitrogen and oxygen atoms in total. The van der Waals surface area contributed by atoms with E-state index in [0.29, 0.717) is 36.6 Å². The van der Waals surface area contributed by atoms with E-state index < -0.39 is 15.9 Å². The SMILES string of the molecule is Cc1ccc(CNC(=O)C2CCCN(S(=O)(=O)c3ccc(-c4ccn[nH]4)o3)C2)o1. The van der Waals surface area contributed by atoms with Gasteiger partial charge in [-0.1, -0.05) is 0 Å². The standard InChI is InChI=1S/C19H22N4O5S/c1-13-4-5-15(27-13)11-20-19(24)14-3-2-10-23(12-14)29(25,26)18-7-6-17(28-18)16-8-9-21-22-16/h4-9,14H,2-3,10-12H2,1H3,(H,20,24)(H,21,22). The highest BCUT2D eigenvalue weighted by molar-refractivity contribution is 7.89. The maximum atomic E-state index is 13.0. The van der Waals surface area contributed by atoms with Crippen molar-refractivity contribution in [3.05, 3.63) is 48.0 Å². The number of aromatic nitrogens is 2. The Morgan fingerprint density at radius 3 is 2.86 bits per heavy atom. The summed E-state index contributed by atoms with van der Waals surface area (Å²) in [5.74, 6) is 1.23. The molecule has 0 saturated carbocycles. The molecule has 29 heavy (non-hydrogen) atoms. The summed E-state index contributed by atoms with van der Waals surface area (Å²) in [7, 11) is -3.83. The normalized spacial score (nSPS) is 18.0. The van der Waals surface area contributed by atoms with Gasteiger partial charge in [0.1, 0.15) is 17.2 Å². The number of aryl methyl sites for hydroxylation is 1. The summed E-state index contributed by atoms with van der Waals surface area (Å²) in [6, 6.07) is 8.34. The molecule has 1 atom stereocenters. The number of H-pyrrole nitrogens is 1. The van der Waals surface area contributed by atoms with Crippen molar-refractivity contribution in [2.45, 2.75) is 31.4 Å². The number of rotatable bonds is 6. The highest BCUT2D eigenvalue weighted by atomic mass is 32.2. The molecule has 1 saturated heterocycles. The molecule has 0 bridgehead atoms. The zero-order valence-electron chi connectivity index (χ0n) is 15.9. The van der Waals surface area contributed by atoms with Crippen molar-refractivity contribution in [2.75, 3.05) is 13.1 Å². The van der Waals surface area contributed by atoms with Crippen LogP contribution in [0, 0.1) is 12.8 Å². The first-order valence-electron chi connectivity index (χ1n) is 9.36. The van der Waals surface area contributed by atoms with Crippen LogP contribution < -0.4 is 5.32 Å². The number of carbonyl (C=O) groups is 1. The third kappa shape index (κ3) is 4.13. The summed E-state index contributed by atoms with van der Waals surface area (Å²) < 4.78 is 38.3. The van der Waals surface area contributed by atoms with E-state index in [-0.39, 0.29) is 24.1 Å². The van der Waals surface area contributed by atoms with Crippen molar-refractivity contribution in [1.29, 1.82) is 0 Å². The van der Waals surface area contributed by atoms with E-state index >= 15 is 0 Å². The molecule has 154 valence electrons. The van der Waals surface area contributed by atoms with Gasteiger partial charge in [-0.25, -0.2) is 8.42 Å². The number of furan rings is 2. The Bertz CT molecular complexity index is 1080. The van der Waals surface area contributed by atoms with Gasteiger partial charge in [0.25, 0.3) is 10.0 Å². The van der Waals surface area contributed by atoms with Crippen molar-refractivity contribution in [3.63, 3.8) is 0 Å². The van der Waals surface area contributed by atoms with Gasteiger partial charge in [-0.2, -0.15) is 9.40 Å². The van der Waals surface area contributed by atoms with Crippen LogP contribution in [0.2, 0.25) is 0 Å². The minimum atomic E-state index is -3.83. The maximum absolute atomic E-state index is 13.0. The average Bonchev–Trinajstić information content (AvgIpc) is 3.47. The Morgan fingerprint density at radius 1 is 1.28 bits per heavy atom. The molecule has 4 heterocycles. The van der Waals surface area contributed by atoms with Gasteiger partial charge in [0.15, 0.2) is 5.76 Å². The molecule has 4 rings (SSSR count). The number of hydrogen-bond donors (Lipinski definition) is 2. The third-order valence-corrected chi connectivity index (χ3v) is 6.67. The molecule has 2 N–H and O–H groups in total. The molecule has 0 aromatic carbocycles. The number of nitrogens with one attached hydrogen (secondary N) is 2. The monoisotopic (exact) mass is 418 g/mol. The number of aromatic amines is 1. The van der Waals surface area contributed by atoms with Crippen LogP contribution in [0.1, 0.15) is 24.4 Å². The Hall–Kier alpha value is -2.85. The number of piperidine rings is 1. The van der Waals surface area contributed by atoms with Crippen molar-refractivity contribution < 1.29 is 22.0 Å². The van der Waals surface area contributed by atoms with Crippen LogP contribution in [0.3, 0.4) is 0 Å². The summed E-state index contributed by atoms with van der Waals surface area (Å²) in [6.07, 6.45) is 2.79. The van der Waals surface area contributed by atoms with Crippen LogP contribution in [-0.4, -0.2) is 41.9 Å². The fraction of sp³-hybridized carbons (Fsp3) is 0.368. The summed E-state index contributed by atoms with van der Waals surface area (Å²) in [5.41, 5.74) is 0.593. The maximum Gasteiger partial charge on any atom is 0.276 e. The van der Waals surface area contributed by atoms with Crippen LogP contribution in [0.4, 0.5) is 0 Å². The zero-order chi connectivity index (χ0) is 20.4. The van der Waals surface area contributed by atoms with Gasteiger partial charge in [0.05, 0.1) is 12.5 Å². The predicted molar refractivity (Wildman–Crippen MR) is 103 cm³/mol. The Balaban J connectivity index is 1.42. The van der Waals surface area contributed by atoms with E-state index in [1.807, 2.05) is 13.0 Å². The predicted octanol–water partition coefficient (Wildman–Crippen LogP) is 2.29. The molecule has 3 aromatic heterocycles. The van der Waals surface area contributed by atoms with Crippen molar-refractivity contribution in [1.82, 2.24) is 19.8 Å². The Kier molecular flexibility index (Phi) is 5.29. The smallest absolute Gasteiger partial charge is 0.276 e. The van der Waals surface area contributed by atoms with E-state index in [1.54, 1.807) is 24.4 Å². The minimum absolute atomic E-state index is 0.117. The third-order valence-electron chi connectivity index (χ3n) is 4.93. The lowest BCUT2D eigenvalue weighted by atomic mass is 9.99. The lowest BCUT2D eigenvalue weighted by Crippen LogP contribution is -2.45. The number of sulfonamides is 1. The quantitative estimate of drug-likeness (QED) is 0.633. The summed E-state index contributed by atoms with van der Waals surface area (Å²) in [6.45, 7) is 2.58. The van der Waals surface area contributed by atoms with E-state index in [0.717, 1.165) is 5.76 Å². The molecular weight excluding hydrogens is 396 g/mol. The molecule has 0 radical (unpaired) electrons.